The minimum absolute atomic E-state index is 0.278. The van der Waals surface area contributed by atoms with Gasteiger partial charge in [0.25, 0.3) is 0 Å². The lowest BCUT2D eigenvalue weighted by Crippen LogP contribution is -2.43. The topological polar surface area (TPSA) is 87.6 Å². The van der Waals surface area contributed by atoms with Crippen LogP contribution in [0, 0.1) is 0 Å². The molecule has 1 aliphatic rings. The van der Waals surface area contributed by atoms with Gasteiger partial charge in [0.05, 0.1) is 21.5 Å². The molecule has 3 heterocycles. The van der Waals surface area contributed by atoms with Gasteiger partial charge in [-0.3, -0.25) is 0 Å². The average molecular weight is 539 g/mol. The number of ether oxygens (including phenoxy) is 3. The number of rotatable bonds is 7. The second-order valence-corrected chi connectivity index (χ2v) is 10.3. The van der Waals surface area contributed by atoms with Crippen molar-refractivity contribution < 1.29 is 28.2 Å². The van der Waals surface area contributed by atoms with Crippen LogP contribution in [0.2, 0.25) is 0 Å². The van der Waals surface area contributed by atoms with Crippen molar-refractivity contribution in [2.75, 3.05) is 12.9 Å². The molecule has 5 rings (SSSR count). The lowest BCUT2D eigenvalue weighted by molar-refractivity contribution is -0.0443. The summed E-state index contributed by atoms with van der Waals surface area (Å²) in [6.45, 7) is 1.03. The Morgan fingerprint density at radius 1 is 1.05 bits per heavy atom. The molecule has 0 radical (unpaired) electrons. The summed E-state index contributed by atoms with van der Waals surface area (Å²) in [5.41, 5.74) is -0.936. The second-order valence-electron chi connectivity index (χ2n) is 8.61. The Bertz CT molecular complexity index is 1410. The van der Waals surface area contributed by atoms with Crippen molar-refractivity contribution >= 4 is 45.9 Å². The standard InChI is InChI=1S/C27H23FN2O5S2/c1-27(28)22(35-26(32)17-11-7-4-8-12-17)19(13-33-25(31)16-9-5-3-6-10-16)34-23(27)21-20-18(14-37-21)24(36-2)30-15-29-20/h3-12,14-15,19,22-23H,13H2,1-2H3/t19-,22-,23+,27-/m1/s1. The highest BCUT2D eigenvalue weighted by atomic mass is 32.2. The molecular formula is C27H23FN2O5S2. The molecule has 1 saturated heterocycles. The molecule has 0 amide bonds. The Balaban J connectivity index is 1.46. The molecule has 0 spiro atoms. The fourth-order valence-corrected chi connectivity index (χ4v) is 6.06. The molecule has 0 unspecified atom stereocenters. The third-order valence-electron chi connectivity index (χ3n) is 6.17. The molecule has 0 aliphatic carbocycles. The van der Waals surface area contributed by atoms with Crippen LogP contribution in [-0.2, 0) is 14.2 Å². The van der Waals surface area contributed by atoms with Crippen molar-refractivity contribution in [3.8, 4) is 0 Å². The fourth-order valence-electron chi connectivity index (χ4n) is 4.31. The molecule has 2 aromatic heterocycles. The molecule has 1 fully saturated rings. The van der Waals surface area contributed by atoms with Crippen LogP contribution in [0.25, 0.3) is 10.9 Å². The number of hydrogen-bond donors (Lipinski definition) is 0. The number of halogens is 1. The molecule has 1 aliphatic heterocycles. The first kappa shape index (κ1) is 25.3. The Labute approximate surface area is 221 Å². The number of hydrogen-bond acceptors (Lipinski definition) is 9. The number of alkyl halides is 1. The Morgan fingerprint density at radius 3 is 2.35 bits per heavy atom. The Kier molecular flexibility index (Phi) is 7.23. The summed E-state index contributed by atoms with van der Waals surface area (Å²) in [5, 5.41) is 3.43. The van der Waals surface area contributed by atoms with Crippen LogP contribution in [0.1, 0.15) is 38.6 Å². The van der Waals surface area contributed by atoms with Crippen molar-refractivity contribution in [3.63, 3.8) is 0 Å². The molecule has 10 heteroatoms. The van der Waals surface area contributed by atoms with Gasteiger partial charge >= 0.3 is 11.9 Å². The monoisotopic (exact) mass is 538 g/mol. The minimum atomic E-state index is -2.14. The average Bonchev–Trinajstić information content (AvgIpc) is 3.46. The van der Waals surface area contributed by atoms with Crippen molar-refractivity contribution in [1.29, 1.82) is 0 Å². The second kappa shape index (κ2) is 10.6. The number of aromatic nitrogens is 2. The fraction of sp³-hybridized carbons (Fsp3) is 0.259. The van der Waals surface area contributed by atoms with Crippen molar-refractivity contribution in [1.82, 2.24) is 9.97 Å². The van der Waals surface area contributed by atoms with Crippen LogP contribution >= 0.6 is 23.1 Å². The molecule has 190 valence electrons. The summed E-state index contributed by atoms with van der Waals surface area (Å²) in [6.07, 6.45) is -0.151. The molecule has 4 atom stereocenters. The van der Waals surface area contributed by atoms with Gasteiger partial charge in [0, 0.05) is 10.8 Å². The largest absolute Gasteiger partial charge is 0.459 e. The van der Waals surface area contributed by atoms with Crippen LogP contribution in [0.3, 0.4) is 0 Å². The van der Waals surface area contributed by atoms with E-state index >= 15 is 4.39 Å². The van der Waals surface area contributed by atoms with Gasteiger partial charge in [0.1, 0.15) is 30.2 Å². The highest BCUT2D eigenvalue weighted by Crippen LogP contribution is 2.49. The normalized spacial score (nSPS) is 23.2. The van der Waals surface area contributed by atoms with E-state index in [9.17, 15) is 9.59 Å². The summed E-state index contributed by atoms with van der Waals surface area (Å²) in [5.74, 6) is -1.28. The highest BCUT2D eigenvalue weighted by Gasteiger charge is 2.58. The number of thiophene rings is 1. The molecule has 4 aromatic rings. The number of esters is 2. The quantitative estimate of drug-likeness (QED) is 0.169. The van der Waals surface area contributed by atoms with E-state index in [2.05, 4.69) is 9.97 Å². The van der Waals surface area contributed by atoms with Crippen LogP contribution in [0.5, 0.6) is 0 Å². The van der Waals surface area contributed by atoms with Crippen LogP contribution in [-0.4, -0.2) is 52.6 Å². The maximum atomic E-state index is 16.6. The van der Waals surface area contributed by atoms with Crippen molar-refractivity contribution in [3.05, 3.63) is 88.4 Å². The number of carbonyl (C=O) groups excluding carboxylic acids is 2. The van der Waals surface area contributed by atoms with Crippen LogP contribution in [0.4, 0.5) is 4.39 Å². The molecule has 2 aromatic carbocycles. The predicted molar refractivity (Wildman–Crippen MR) is 139 cm³/mol. The highest BCUT2D eigenvalue weighted by molar-refractivity contribution is 7.98. The van der Waals surface area contributed by atoms with E-state index in [4.69, 9.17) is 14.2 Å². The zero-order chi connectivity index (χ0) is 26.0. The van der Waals surface area contributed by atoms with E-state index in [-0.39, 0.29) is 12.2 Å². The van der Waals surface area contributed by atoms with Crippen molar-refractivity contribution in [2.24, 2.45) is 0 Å². The predicted octanol–water partition coefficient (Wildman–Crippen LogP) is 5.66. The van der Waals surface area contributed by atoms with Gasteiger partial charge in [0.2, 0.25) is 0 Å². The lowest BCUT2D eigenvalue weighted by Gasteiger charge is -2.27. The number of benzene rings is 2. The smallest absolute Gasteiger partial charge is 0.338 e. The molecule has 37 heavy (non-hydrogen) atoms. The van der Waals surface area contributed by atoms with E-state index < -0.39 is 35.9 Å². The zero-order valence-electron chi connectivity index (χ0n) is 20.0. The summed E-state index contributed by atoms with van der Waals surface area (Å²) < 4.78 is 33.9. The summed E-state index contributed by atoms with van der Waals surface area (Å²) in [6, 6.07) is 16.8. The Morgan fingerprint density at radius 2 is 1.70 bits per heavy atom. The number of carbonyl (C=O) groups is 2. The molecule has 7 nitrogen and oxygen atoms in total. The van der Waals surface area contributed by atoms with E-state index in [1.165, 1.54) is 36.3 Å². The van der Waals surface area contributed by atoms with Gasteiger partial charge in [-0.15, -0.1) is 23.1 Å². The van der Waals surface area contributed by atoms with Gasteiger partial charge < -0.3 is 14.2 Å². The van der Waals surface area contributed by atoms with Crippen molar-refractivity contribution in [2.45, 2.75) is 35.9 Å². The first-order valence-electron chi connectivity index (χ1n) is 11.5. The van der Waals surface area contributed by atoms with Gasteiger partial charge in [-0.25, -0.2) is 23.9 Å². The third kappa shape index (κ3) is 4.96. The lowest BCUT2D eigenvalue weighted by atomic mass is 9.93. The van der Waals surface area contributed by atoms with Gasteiger partial charge in [0.15, 0.2) is 11.8 Å². The number of thioether (sulfide) groups is 1. The molecule has 0 N–H and O–H groups in total. The maximum absolute atomic E-state index is 16.6. The van der Waals surface area contributed by atoms with Gasteiger partial charge in [-0.1, -0.05) is 36.4 Å². The first-order chi connectivity index (χ1) is 17.9. The summed E-state index contributed by atoms with van der Waals surface area (Å²) in [4.78, 5) is 34.7. The molecule has 0 bridgehead atoms. The SMILES string of the molecule is CSc1ncnc2c([C@@H]3O[C@H](COC(=O)c4ccccc4)[C@@H](OC(=O)c4ccccc4)[C@@]3(C)F)scc12. The number of nitrogens with zero attached hydrogens (tertiary/aromatic N) is 2. The third-order valence-corrected chi connectivity index (χ3v) is 7.89. The van der Waals surface area contributed by atoms with Crippen LogP contribution in [0.15, 0.2) is 77.4 Å². The van der Waals surface area contributed by atoms with E-state index in [1.807, 2.05) is 11.6 Å². The number of fused-ring (bicyclic) bond motifs is 1. The molecule has 0 saturated carbocycles. The van der Waals surface area contributed by atoms with E-state index in [1.54, 1.807) is 60.7 Å². The zero-order valence-corrected chi connectivity index (χ0v) is 21.6. The maximum Gasteiger partial charge on any atom is 0.338 e. The van der Waals surface area contributed by atoms with Gasteiger partial charge in [-0.05, 0) is 37.4 Å². The van der Waals surface area contributed by atoms with Gasteiger partial charge in [-0.2, -0.15) is 0 Å². The Hall–Kier alpha value is -3.34. The minimum Gasteiger partial charge on any atom is -0.459 e. The van der Waals surface area contributed by atoms with E-state index in [0.29, 0.717) is 16.0 Å². The van der Waals surface area contributed by atoms with Crippen LogP contribution < -0.4 is 0 Å². The first-order valence-corrected chi connectivity index (χ1v) is 13.6. The summed E-state index contributed by atoms with van der Waals surface area (Å²) in [7, 11) is 0. The molecular weight excluding hydrogens is 515 g/mol. The summed E-state index contributed by atoms with van der Waals surface area (Å²) >= 11 is 2.77. The van der Waals surface area contributed by atoms with E-state index in [0.717, 1.165) is 10.4 Å².